The molecular formula is C10H10F3NO. The summed E-state index contributed by atoms with van der Waals surface area (Å²) in [6.45, 7) is 0.759. The van der Waals surface area contributed by atoms with Crippen molar-refractivity contribution in [1.29, 1.82) is 0 Å². The highest BCUT2D eigenvalue weighted by Crippen LogP contribution is 2.32. The Bertz CT molecular complexity index is 375. The standard InChI is InChI=1S/C10H10F3NO/c11-10(12,13)7-1-2-8-6(3-7)4-14-5-9(8)15/h1-3,9,14-15H,4-5H2. The molecule has 0 bridgehead atoms. The number of hydrogen-bond donors (Lipinski definition) is 2. The first kappa shape index (κ1) is 10.4. The summed E-state index contributed by atoms with van der Waals surface area (Å²) >= 11 is 0. The molecule has 1 aliphatic heterocycles. The summed E-state index contributed by atoms with van der Waals surface area (Å²) in [7, 11) is 0. The van der Waals surface area contributed by atoms with Crippen molar-refractivity contribution in [2.75, 3.05) is 6.54 Å². The van der Waals surface area contributed by atoms with Gasteiger partial charge in [0.1, 0.15) is 0 Å². The summed E-state index contributed by atoms with van der Waals surface area (Å²) in [6, 6.07) is 3.45. The highest BCUT2D eigenvalue weighted by atomic mass is 19.4. The molecule has 2 nitrogen and oxygen atoms in total. The zero-order chi connectivity index (χ0) is 11.1. The monoisotopic (exact) mass is 217 g/mol. The van der Waals surface area contributed by atoms with Gasteiger partial charge in [0.2, 0.25) is 0 Å². The molecule has 0 aromatic heterocycles. The second-order valence-corrected chi connectivity index (χ2v) is 3.56. The minimum atomic E-state index is -4.32. The number of aliphatic hydroxyl groups is 1. The van der Waals surface area contributed by atoms with E-state index in [2.05, 4.69) is 5.32 Å². The molecule has 1 heterocycles. The largest absolute Gasteiger partial charge is 0.416 e. The first-order valence-electron chi connectivity index (χ1n) is 4.57. The van der Waals surface area contributed by atoms with Gasteiger partial charge in [-0.15, -0.1) is 0 Å². The van der Waals surface area contributed by atoms with Gasteiger partial charge in [-0.1, -0.05) is 6.07 Å². The number of hydrogen-bond acceptors (Lipinski definition) is 2. The lowest BCUT2D eigenvalue weighted by molar-refractivity contribution is -0.137. The number of nitrogens with one attached hydrogen (secondary N) is 1. The zero-order valence-corrected chi connectivity index (χ0v) is 7.80. The van der Waals surface area contributed by atoms with E-state index >= 15 is 0 Å². The molecule has 0 saturated heterocycles. The van der Waals surface area contributed by atoms with Crippen molar-refractivity contribution in [2.24, 2.45) is 0 Å². The lowest BCUT2D eigenvalue weighted by atomic mass is 9.96. The fourth-order valence-electron chi connectivity index (χ4n) is 1.71. The number of fused-ring (bicyclic) bond motifs is 1. The summed E-state index contributed by atoms with van der Waals surface area (Å²) in [5.41, 5.74) is 0.433. The van der Waals surface area contributed by atoms with Gasteiger partial charge in [-0.25, -0.2) is 0 Å². The Labute approximate surface area is 84.7 Å². The van der Waals surface area contributed by atoms with E-state index in [9.17, 15) is 18.3 Å². The third kappa shape index (κ3) is 1.98. The van der Waals surface area contributed by atoms with E-state index in [0.29, 0.717) is 24.2 Å². The van der Waals surface area contributed by atoms with E-state index in [-0.39, 0.29) is 0 Å². The Kier molecular flexibility index (Phi) is 2.44. The maximum Gasteiger partial charge on any atom is 0.416 e. The van der Waals surface area contributed by atoms with E-state index in [1.807, 2.05) is 0 Å². The van der Waals surface area contributed by atoms with Gasteiger partial charge in [0.25, 0.3) is 0 Å². The second-order valence-electron chi connectivity index (χ2n) is 3.56. The van der Waals surface area contributed by atoms with Gasteiger partial charge < -0.3 is 10.4 Å². The maximum absolute atomic E-state index is 12.4. The molecule has 1 unspecified atom stereocenters. The van der Waals surface area contributed by atoms with Crippen LogP contribution in [0.4, 0.5) is 13.2 Å². The number of halogens is 3. The molecule has 5 heteroatoms. The molecular weight excluding hydrogens is 207 g/mol. The lowest BCUT2D eigenvalue weighted by Crippen LogP contribution is -2.28. The fraction of sp³-hybridized carbons (Fsp3) is 0.400. The van der Waals surface area contributed by atoms with Crippen LogP contribution in [0.1, 0.15) is 22.8 Å². The van der Waals surface area contributed by atoms with Crippen molar-refractivity contribution in [3.63, 3.8) is 0 Å². The third-order valence-corrected chi connectivity index (χ3v) is 2.48. The predicted octanol–water partition coefficient (Wildman–Crippen LogP) is 1.84. The van der Waals surface area contributed by atoms with Crippen molar-refractivity contribution in [3.05, 3.63) is 34.9 Å². The molecule has 0 radical (unpaired) electrons. The molecule has 15 heavy (non-hydrogen) atoms. The van der Waals surface area contributed by atoms with Crippen LogP contribution in [0.2, 0.25) is 0 Å². The molecule has 2 rings (SSSR count). The quantitative estimate of drug-likeness (QED) is 0.695. The maximum atomic E-state index is 12.4. The van der Waals surface area contributed by atoms with E-state index in [0.717, 1.165) is 12.1 Å². The molecule has 1 aromatic carbocycles. The van der Waals surface area contributed by atoms with Crippen molar-refractivity contribution in [2.45, 2.75) is 18.8 Å². The molecule has 1 aliphatic rings. The smallest absolute Gasteiger partial charge is 0.387 e. The number of β-amino-alcohol motifs (C(OH)–C–C–N with tert-alkyl or cyclic N) is 1. The van der Waals surface area contributed by atoms with Crippen LogP contribution >= 0.6 is 0 Å². The van der Waals surface area contributed by atoms with Crippen LogP contribution < -0.4 is 5.32 Å². The first-order chi connectivity index (χ1) is 6.98. The molecule has 0 spiro atoms. The summed E-state index contributed by atoms with van der Waals surface area (Å²) in [6.07, 6.45) is -5.03. The minimum Gasteiger partial charge on any atom is -0.387 e. The van der Waals surface area contributed by atoms with Crippen LogP contribution in [0.5, 0.6) is 0 Å². The lowest BCUT2D eigenvalue weighted by Gasteiger charge is -2.23. The second kappa shape index (κ2) is 3.50. The minimum absolute atomic E-state index is 0.371. The van der Waals surface area contributed by atoms with Crippen LogP contribution in [0.3, 0.4) is 0 Å². The summed E-state index contributed by atoms with van der Waals surface area (Å²) < 4.78 is 37.1. The van der Waals surface area contributed by atoms with Gasteiger partial charge in [-0.3, -0.25) is 0 Å². The molecule has 2 N–H and O–H groups in total. The van der Waals surface area contributed by atoms with Gasteiger partial charge in [0.05, 0.1) is 11.7 Å². The van der Waals surface area contributed by atoms with E-state index in [1.54, 1.807) is 0 Å². The van der Waals surface area contributed by atoms with Gasteiger partial charge >= 0.3 is 6.18 Å². The van der Waals surface area contributed by atoms with Crippen LogP contribution in [-0.2, 0) is 12.7 Å². The Morgan fingerprint density at radius 1 is 1.33 bits per heavy atom. The normalized spacial score (nSPS) is 21.2. The van der Waals surface area contributed by atoms with Crippen LogP contribution in [0.15, 0.2) is 18.2 Å². The number of aliphatic hydroxyl groups excluding tert-OH is 1. The Morgan fingerprint density at radius 3 is 2.73 bits per heavy atom. The topological polar surface area (TPSA) is 32.3 Å². The molecule has 0 fully saturated rings. The molecule has 82 valence electrons. The van der Waals surface area contributed by atoms with Crippen LogP contribution in [-0.4, -0.2) is 11.7 Å². The van der Waals surface area contributed by atoms with Crippen molar-refractivity contribution < 1.29 is 18.3 Å². The fourth-order valence-corrected chi connectivity index (χ4v) is 1.71. The summed E-state index contributed by atoms with van der Waals surface area (Å²) in [5.74, 6) is 0. The molecule has 0 aliphatic carbocycles. The van der Waals surface area contributed by atoms with Crippen molar-refractivity contribution in [1.82, 2.24) is 5.32 Å². The van der Waals surface area contributed by atoms with Gasteiger partial charge in [-0.2, -0.15) is 13.2 Å². The SMILES string of the molecule is OC1CNCc2cc(C(F)(F)F)ccc21. The van der Waals surface area contributed by atoms with Crippen molar-refractivity contribution >= 4 is 0 Å². The number of benzene rings is 1. The summed E-state index contributed by atoms with van der Waals surface area (Å²) in [4.78, 5) is 0. The third-order valence-electron chi connectivity index (χ3n) is 2.48. The van der Waals surface area contributed by atoms with E-state index < -0.39 is 17.8 Å². The predicted molar refractivity (Wildman–Crippen MR) is 48.1 cm³/mol. The van der Waals surface area contributed by atoms with E-state index in [1.165, 1.54) is 6.07 Å². The molecule has 0 amide bonds. The Balaban J connectivity index is 2.42. The Morgan fingerprint density at radius 2 is 2.07 bits per heavy atom. The van der Waals surface area contributed by atoms with E-state index in [4.69, 9.17) is 0 Å². The van der Waals surface area contributed by atoms with Gasteiger partial charge in [-0.05, 0) is 23.3 Å². The highest BCUT2D eigenvalue weighted by molar-refractivity contribution is 5.36. The summed E-state index contributed by atoms with van der Waals surface area (Å²) in [5, 5.41) is 12.4. The van der Waals surface area contributed by atoms with Gasteiger partial charge in [0, 0.05) is 13.1 Å². The van der Waals surface area contributed by atoms with Crippen molar-refractivity contribution in [3.8, 4) is 0 Å². The van der Waals surface area contributed by atoms with Crippen LogP contribution in [0.25, 0.3) is 0 Å². The highest BCUT2D eigenvalue weighted by Gasteiger charge is 2.31. The van der Waals surface area contributed by atoms with Crippen LogP contribution in [0, 0.1) is 0 Å². The average Bonchev–Trinajstić information content (AvgIpc) is 2.16. The number of alkyl halides is 3. The molecule has 1 atom stereocenters. The average molecular weight is 217 g/mol. The Hall–Kier alpha value is -1.07. The van der Waals surface area contributed by atoms with Gasteiger partial charge in [0.15, 0.2) is 0 Å². The first-order valence-corrected chi connectivity index (χ1v) is 4.57. The molecule has 0 saturated carbocycles. The molecule has 1 aromatic rings. The number of rotatable bonds is 0. The zero-order valence-electron chi connectivity index (χ0n) is 7.80.